The number of likely N-dealkylation sites (N-methyl/N-ethyl adjacent to an activating group) is 1. The number of amides is 1. The van der Waals surface area contributed by atoms with Crippen molar-refractivity contribution in [1.29, 1.82) is 0 Å². The van der Waals surface area contributed by atoms with Crippen LogP contribution < -0.4 is 4.74 Å². The summed E-state index contributed by atoms with van der Waals surface area (Å²) in [5, 5.41) is 0. The molecule has 1 aliphatic rings. The predicted molar refractivity (Wildman–Crippen MR) is 91.4 cm³/mol. The normalized spacial score (nSPS) is 15.4. The van der Waals surface area contributed by atoms with Crippen molar-refractivity contribution >= 4 is 5.91 Å². The molecule has 1 fully saturated rings. The topological polar surface area (TPSA) is 29.5 Å². The Bertz CT molecular complexity index is 787. The first-order chi connectivity index (χ1) is 12.0. The van der Waals surface area contributed by atoms with Gasteiger partial charge in [0.2, 0.25) is 5.91 Å². The molecular formula is C20H21F2NO2. The first-order valence-corrected chi connectivity index (χ1v) is 8.30. The molecule has 2 aromatic carbocycles. The lowest BCUT2D eigenvalue weighted by atomic mass is 9.63. The van der Waals surface area contributed by atoms with Crippen molar-refractivity contribution in [2.24, 2.45) is 0 Å². The van der Waals surface area contributed by atoms with Gasteiger partial charge in [0.1, 0.15) is 5.82 Å². The van der Waals surface area contributed by atoms with E-state index in [1.165, 1.54) is 25.3 Å². The highest BCUT2D eigenvalue weighted by Gasteiger charge is 2.47. The van der Waals surface area contributed by atoms with E-state index in [0.29, 0.717) is 18.4 Å². The number of rotatable bonds is 5. The maximum Gasteiger partial charge on any atom is 0.233 e. The van der Waals surface area contributed by atoms with Crippen LogP contribution in [0.5, 0.6) is 5.75 Å². The van der Waals surface area contributed by atoms with Crippen molar-refractivity contribution in [3.63, 3.8) is 0 Å². The molecule has 0 atom stereocenters. The minimum Gasteiger partial charge on any atom is -0.494 e. The third-order valence-corrected chi connectivity index (χ3v) is 4.98. The van der Waals surface area contributed by atoms with Gasteiger partial charge in [-0.15, -0.1) is 0 Å². The zero-order chi connectivity index (χ0) is 18.0. The molecule has 0 saturated heterocycles. The van der Waals surface area contributed by atoms with Gasteiger partial charge in [-0.2, -0.15) is 0 Å². The number of ether oxygens (including phenoxy) is 1. The van der Waals surface area contributed by atoms with Crippen LogP contribution >= 0.6 is 0 Å². The number of methoxy groups -OCH3 is 1. The number of hydrogen-bond acceptors (Lipinski definition) is 2. The predicted octanol–water partition coefficient (Wildman–Crippen LogP) is 4.05. The molecule has 0 radical (unpaired) electrons. The van der Waals surface area contributed by atoms with Crippen molar-refractivity contribution in [3.8, 4) is 5.75 Å². The summed E-state index contributed by atoms with van der Waals surface area (Å²) in [6, 6.07) is 10.9. The molecule has 1 saturated carbocycles. The van der Waals surface area contributed by atoms with Gasteiger partial charge >= 0.3 is 0 Å². The van der Waals surface area contributed by atoms with Crippen LogP contribution in [0.3, 0.4) is 0 Å². The van der Waals surface area contributed by atoms with E-state index < -0.39 is 11.2 Å². The summed E-state index contributed by atoms with van der Waals surface area (Å²) < 4.78 is 32.4. The molecule has 132 valence electrons. The molecule has 1 amide bonds. The van der Waals surface area contributed by atoms with Crippen LogP contribution in [0.25, 0.3) is 0 Å². The Hall–Kier alpha value is -2.43. The van der Waals surface area contributed by atoms with Crippen LogP contribution in [0.2, 0.25) is 0 Å². The van der Waals surface area contributed by atoms with Gasteiger partial charge in [0, 0.05) is 13.6 Å². The number of carbonyl (C=O) groups is 1. The minimum atomic E-state index is -0.665. The Morgan fingerprint density at radius 3 is 2.52 bits per heavy atom. The molecule has 25 heavy (non-hydrogen) atoms. The smallest absolute Gasteiger partial charge is 0.233 e. The van der Waals surface area contributed by atoms with Gasteiger partial charge in [-0.25, -0.2) is 8.78 Å². The van der Waals surface area contributed by atoms with Gasteiger partial charge in [-0.05, 0) is 48.2 Å². The van der Waals surface area contributed by atoms with Crippen LogP contribution in [-0.2, 0) is 16.8 Å². The molecule has 2 aromatic rings. The summed E-state index contributed by atoms with van der Waals surface area (Å²) in [5.41, 5.74) is 0.737. The molecule has 0 N–H and O–H groups in total. The zero-order valence-corrected chi connectivity index (χ0v) is 14.4. The second-order valence-electron chi connectivity index (χ2n) is 6.58. The summed E-state index contributed by atoms with van der Waals surface area (Å²) in [4.78, 5) is 14.6. The van der Waals surface area contributed by atoms with E-state index in [9.17, 15) is 13.6 Å². The lowest BCUT2D eigenvalue weighted by Gasteiger charge is -2.43. The highest BCUT2D eigenvalue weighted by molar-refractivity contribution is 5.89. The van der Waals surface area contributed by atoms with Gasteiger partial charge in [-0.1, -0.05) is 24.6 Å². The second-order valence-corrected chi connectivity index (χ2v) is 6.58. The molecule has 1 aliphatic carbocycles. The summed E-state index contributed by atoms with van der Waals surface area (Å²) in [6.07, 6.45) is 2.35. The van der Waals surface area contributed by atoms with E-state index in [1.54, 1.807) is 36.2 Å². The third-order valence-electron chi connectivity index (χ3n) is 4.98. The van der Waals surface area contributed by atoms with E-state index in [4.69, 9.17) is 4.74 Å². The summed E-state index contributed by atoms with van der Waals surface area (Å²) >= 11 is 0. The first-order valence-electron chi connectivity index (χ1n) is 8.30. The Morgan fingerprint density at radius 2 is 1.96 bits per heavy atom. The Kier molecular flexibility index (Phi) is 4.75. The number of hydrogen-bond donors (Lipinski definition) is 0. The zero-order valence-electron chi connectivity index (χ0n) is 14.4. The molecule has 3 nitrogen and oxygen atoms in total. The number of nitrogens with zero attached hydrogens (tertiary/aromatic N) is 1. The molecule has 0 unspecified atom stereocenters. The van der Waals surface area contributed by atoms with Gasteiger partial charge < -0.3 is 9.64 Å². The average molecular weight is 345 g/mol. The average Bonchev–Trinajstić information content (AvgIpc) is 2.54. The molecule has 0 aliphatic heterocycles. The van der Waals surface area contributed by atoms with E-state index in [1.807, 2.05) is 0 Å². The van der Waals surface area contributed by atoms with Crippen LogP contribution in [0.15, 0.2) is 42.5 Å². The number of benzene rings is 2. The van der Waals surface area contributed by atoms with Crippen molar-refractivity contribution < 1.29 is 18.3 Å². The van der Waals surface area contributed by atoms with Crippen LogP contribution in [0.4, 0.5) is 8.78 Å². The van der Waals surface area contributed by atoms with Gasteiger partial charge in [0.25, 0.3) is 0 Å². The van der Waals surface area contributed by atoms with Crippen LogP contribution in [-0.4, -0.2) is 25.0 Å². The fourth-order valence-electron chi connectivity index (χ4n) is 3.46. The largest absolute Gasteiger partial charge is 0.494 e. The van der Waals surface area contributed by atoms with Crippen LogP contribution in [0.1, 0.15) is 30.4 Å². The lowest BCUT2D eigenvalue weighted by molar-refractivity contribution is -0.140. The van der Waals surface area contributed by atoms with Gasteiger partial charge in [-0.3, -0.25) is 4.79 Å². The molecule has 3 rings (SSSR count). The highest BCUT2D eigenvalue weighted by Crippen LogP contribution is 2.45. The third kappa shape index (κ3) is 3.23. The molecule has 5 heteroatoms. The van der Waals surface area contributed by atoms with E-state index in [2.05, 4.69) is 0 Å². The SMILES string of the molecule is COc1ccc(CN(C)C(=O)C2(c3cccc(F)c3)CCC2)cc1F. The van der Waals surface area contributed by atoms with E-state index in [-0.39, 0.29) is 24.0 Å². The van der Waals surface area contributed by atoms with Crippen LogP contribution in [0, 0.1) is 11.6 Å². The quantitative estimate of drug-likeness (QED) is 0.818. The summed E-state index contributed by atoms with van der Waals surface area (Å²) in [5.74, 6) is -0.672. The highest BCUT2D eigenvalue weighted by atomic mass is 19.1. The first kappa shape index (κ1) is 17.4. The minimum absolute atomic E-state index is 0.0550. The number of halogens is 2. The van der Waals surface area contributed by atoms with Gasteiger partial charge in [0.15, 0.2) is 11.6 Å². The molecule has 0 aromatic heterocycles. The van der Waals surface area contributed by atoms with E-state index in [0.717, 1.165) is 12.0 Å². The Morgan fingerprint density at radius 1 is 1.20 bits per heavy atom. The molecule has 0 spiro atoms. The fraction of sp³-hybridized carbons (Fsp3) is 0.350. The standard InChI is InChI=1S/C20H21F2NO2/c1-23(13-14-7-8-18(25-2)17(22)11-14)19(24)20(9-4-10-20)15-5-3-6-16(21)12-15/h3,5-8,11-12H,4,9-10,13H2,1-2H3. The Labute approximate surface area is 146 Å². The lowest BCUT2D eigenvalue weighted by Crippen LogP contribution is -2.49. The molecule has 0 heterocycles. The molecular weight excluding hydrogens is 324 g/mol. The number of carbonyl (C=O) groups excluding carboxylic acids is 1. The summed E-state index contributed by atoms with van der Waals surface area (Å²) in [7, 11) is 3.11. The van der Waals surface area contributed by atoms with Crippen molar-refractivity contribution in [2.75, 3.05) is 14.2 Å². The van der Waals surface area contributed by atoms with Crippen molar-refractivity contribution in [1.82, 2.24) is 4.90 Å². The van der Waals surface area contributed by atoms with Crippen molar-refractivity contribution in [3.05, 3.63) is 65.2 Å². The monoisotopic (exact) mass is 345 g/mol. The molecule has 0 bridgehead atoms. The maximum absolute atomic E-state index is 13.9. The Balaban J connectivity index is 1.80. The maximum atomic E-state index is 13.9. The summed E-state index contributed by atoms with van der Waals surface area (Å²) in [6.45, 7) is 0.289. The fourth-order valence-corrected chi connectivity index (χ4v) is 3.46. The van der Waals surface area contributed by atoms with Gasteiger partial charge in [0.05, 0.1) is 12.5 Å². The van der Waals surface area contributed by atoms with E-state index >= 15 is 0 Å². The van der Waals surface area contributed by atoms with Crippen molar-refractivity contribution in [2.45, 2.75) is 31.2 Å². The second kappa shape index (κ2) is 6.82.